The van der Waals surface area contributed by atoms with Crippen molar-refractivity contribution in [3.05, 3.63) is 0 Å². The maximum atomic E-state index is 11.1. The van der Waals surface area contributed by atoms with Crippen LogP contribution in [0.4, 0.5) is 0 Å². The minimum absolute atomic E-state index is 0.138. The standard InChI is InChI=1S/C10H16BrNO/c1-2-3-6-9-12-10(13)7-4-5-8-11/h4-9H2,1H3,(H,12,13). The fraction of sp³-hybridized carbons (Fsp3) is 0.700. The van der Waals surface area contributed by atoms with E-state index in [1.165, 1.54) is 0 Å². The number of amides is 1. The van der Waals surface area contributed by atoms with Crippen LogP contribution in [-0.2, 0) is 4.79 Å². The molecule has 0 aliphatic carbocycles. The lowest BCUT2D eigenvalue weighted by molar-refractivity contribution is -0.121. The summed E-state index contributed by atoms with van der Waals surface area (Å²) < 4.78 is 0. The minimum atomic E-state index is 0.138. The second kappa shape index (κ2) is 9.60. The topological polar surface area (TPSA) is 29.1 Å². The maximum Gasteiger partial charge on any atom is 0.220 e. The third kappa shape index (κ3) is 9.42. The largest absolute Gasteiger partial charge is 0.355 e. The molecule has 0 saturated heterocycles. The lowest BCUT2D eigenvalue weighted by Gasteiger charge is -2.01. The van der Waals surface area contributed by atoms with Crippen LogP contribution in [0, 0.1) is 11.8 Å². The van der Waals surface area contributed by atoms with Crippen LogP contribution in [0.3, 0.4) is 0 Å². The Hall–Kier alpha value is -0.490. The number of unbranched alkanes of at least 4 members (excludes halogenated alkanes) is 1. The van der Waals surface area contributed by atoms with E-state index in [4.69, 9.17) is 0 Å². The van der Waals surface area contributed by atoms with Crippen molar-refractivity contribution in [2.24, 2.45) is 0 Å². The highest BCUT2D eigenvalue weighted by atomic mass is 79.9. The fourth-order valence-corrected chi connectivity index (χ4v) is 1.25. The van der Waals surface area contributed by atoms with Crippen LogP contribution >= 0.6 is 15.9 Å². The van der Waals surface area contributed by atoms with Gasteiger partial charge in [-0.15, -0.1) is 11.8 Å². The molecule has 0 heterocycles. The van der Waals surface area contributed by atoms with E-state index >= 15 is 0 Å². The van der Waals surface area contributed by atoms with Crippen LogP contribution in [0.2, 0.25) is 0 Å². The normalized spacial score (nSPS) is 8.77. The third-order valence-corrected chi connectivity index (χ3v) is 2.10. The highest BCUT2D eigenvalue weighted by molar-refractivity contribution is 9.09. The molecule has 0 atom stereocenters. The SMILES string of the molecule is CC#CCCNC(=O)CCCCBr. The van der Waals surface area contributed by atoms with E-state index in [9.17, 15) is 4.79 Å². The molecule has 0 rings (SSSR count). The number of carbonyl (C=O) groups is 1. The summed E-state index contributed by atoms with van der Waals surface area (Å²) in [5.41, 5.74) is 0. The molecule has 0 radical (unpaired) electrons. The van der Waals surface area contributed by atoms with Gasteiger partial charge < -0.3 is 5.32 Å². The van der Waals surface area contributed by atoms with Gasteiger partial charge in [-0.2, -0.15) is 0 Å². The van der Waals surface area contributed by atoms with Gasteiger partial charge in [0.05, 0.1) is 0 Å². The predicted octanol–water partition coefficient (Wildman–Crippen LogP) is 2.08. The molecule has 1 amide bonds. The van der Waals surface area contributed by atoms with Crippen LogP contribution < -0.4 is 5.32 Å². The molecule has 0 spiro atoms. The molecule has 3 heteroatoms. The molecule has 0 fully saturated rings. The van der Waals surface area contributed by atoms with Crippen LogP contribution in [0.15, 0.2) is 0 Å². The summed E-state index contributed by atoms with van der Waals surface area (Å²) in [6, 6.07) is 0. The van der Waals surface area contributed by atoms with E-state index in [1.807, 2.05) is 0 Å². The number of alkyl halides is 1. The summed E-state index contributed by atoms with van der Waals surface area (Å²) in [5.74, 6) is 5.82. The highest BCUT2D eigenvalue weighted by Gasteiger charge is 1.98. The molecule has 13 heavy (non-hydrogen) atoms. The van der Waals surface area contributed by atoms with E-state index in [0.717, 1.165) is 24.6 Å². The Morgan fingerprint density at radius 2 is 2.23 bits per heavy atom. The minimum Gasteiger partial charge on any atom is -0.355 e. The van der Waals surface area contributed by atoms with Crippen molar-refractivity contribution in [2.45, 2.75) is 32.6 Å². The Bertz CT molecular complexity index is 193. The van der Waals surface area contributed by atoms with Crippen molar-refractivity contribution in [2.75, 3.05) is 11.9 Å². The Kier molecular flexibility index (Phi) is 9.24. The lowest BCUT2D eigenvalue weighted by atomic mass is 10.2. The molecule has 74 valence electrons. The van der Waals surface area contributed by atoms with E-state index in [0.29, 0.717) is 13.0 Å². The van der Waals surface area contributed by atoms with Gasteiger partial charge in [0.25, 0.3) is 0 Å². The first-order valence-corrected chi connectivity index (χ1v) is 5.65. The second-order valence-electron chi connectivity index (χ2n) is 2.67. The molecule has 2 nitrogen and oxygen atoms in total. The zero-order valence-corrected chi connectivity index (χ0v) is 9.61. The fourth-order valence-electron chi connectivity index (χ4n) is 0.858. The van der Waals surface area contributed by atoms with Gasteiger partial charge in [0.1, 0.15) is 0 Å². The Balaban J connectivity index is 3.23. The summed E-state index contributed by atoms with van der Waals surface area (Å²) in [4.78, 5) is 11.1. The Morgan fingerprint density at radius 3 is 2.85 bits per heavy atom. The van der Waals surface area contributed by atoms with Gasteiger partial charge in [-0.3, -0.25) is 4.79 Å². The monoisotopic (exact) mass is 245 g/mol. The van der Waals surface area contributed by atoms with Gasteiger partial charge in [0, 0.05) is 24.7 Å². The number of halogens is 1. The van der Waals surface area contributed by atoms with Crippen molar-refractivity contribution in [1.29, 1.82) is 0 Å². The number of nitrogens with one attached hydrogen (secondary N) is 1. The van der Waals surface area contributed by atoms with Crippen molar-refractivity contribution < 1.29 is 4.79 Å². The van der Waals surface area contributed by atoms with E-state index < -0.39 is 0 Å². The first-order chi connectivity index (χ1) is 6.31. The zero-order valence-electron chi connectivity index (χ0n) is 8.03. The number of hydrogen-bond donors (Lipinski definition) is 1. The van der Waals surface area contributed by atoms with Crippen LogP contribution in [0.1, 0.15) is 32.6 Å². The Labute approximate surface area is 88.6 Å². The summed E-state index contributed by atoms with van der Waals surface area (Å²) in [6.07, 6.45) is 3.39. The smallest absolute Gasteiger partial charge is 0.220 e. The number of carbonyl (C=O) groups excluding carboxylic acids is 1. The zero-order chi connectivity index (χ0) is 9.94. The van der Waals surface area contributed by atoms with Gasteiger partial charge in [-0.05, 0) is 19.8 Å². The highest BCUT2D eigenvalue weighted by Crippen LogP contribution is 1.97. The Morgan fingerprint density at radius 1 is 1.46 bits per heavy atom. The molecule has 0 aromatic heterocycles. The third-order valence-electron chi connectivity index (χ3n) is 1.54. The van der Waals surface area contributed by atoms with E-state index in [2.05, 4.69) is 33.1 Å². The van der Waals surface area contributed by atoms with Crippen molar-refractivity contribution >= 4 is 21.8 Å². The van der Waals surface area contributed by atoms with Gasteiger partial charge in [-0.1, -0.05) is 15.9 Å². The average molecular weight is 246 g/mol. The van der Waals surface area contributed by atoms with Crippen molar-refractivity contribution in [3.8, 4) is 11.8 Å². The van der Waals surface area contributed by atoms with Gasteiger partial charge in [0.15, 0.2) is 0 Å². The van der Waals surface area contributed by atoms with Gasteiger partial charge in [0.2, 0.25) is 5.91 Å². The summed E-state index contributed by atoms with van der Waals surface area (Å²) in [7, 11) is 0. The molecular weight excluding hydrogens is 230 g/mol. The predicted molar refractivity (Wildman–Crippen MR) is 58.7 cm³/mol. The number of hydrogen-bond acceptors (Lipinski definition) is 1. The summed E-state index contributed by atoms with van der Waals surface area (Å²) in [6.45, 7) is 2.48. The first-order valence-electron chi connectivity index (χ1n) is 4.53. The van der Waals surface area contributed by atoms with E-state index in [1.54, 1.807) is 6.92 Å². The molecule has 0 saturated carbocycles. The van der Waals surface area contributed by atoms with Crippen LogP contribution in [-0.4, -0.2) is 17.8 Å². The lowest BCUT2D eigenvalue weighted by Crippen LogP contribution is -2.23. The summed E-state index contributed by atoms with van der Waals surface area (Å²) >= 11 is 3.32. The molecule has 0 bridgehead atoms. The molecule has 1 N–H and O–H groups in total. The average Bonchev–Trinajstić information content (AvgIpc) is 2.13. The number of rotatable bonds is 6. The quantitative estimate of drug-likeness (QED) is 0.434. The van der Waals surface area contributed by atoms with Crippen LogP contribution in [0.5, 0.6) is 0 Å². The van der Waals surface area contributed by atoms with E-state index in [-0.39, 0.29) is 5.91 Å². The van der Waals surface area contributed by atoms with Crippen molar-refractivity contribution in [1.82, 2.24) is 5.32 Å². The molecule has 0 aliphatic rings. The maximum absolute atomic E-state index is 11.1. The van der Waals surface area contributed by atoms with Gasteiger partial charge in [-0.25, -0.2) is 0 Å². The molecule has 0 aromatic rings. The molecule has 0 unspecified atom stereocenters. The molecular formula is C10H16BrNO. The van der Waals surface area contributed by atoms with Crippen LogP contribution in [0.25, 0.3) is 0 Å². The molecule has 0 aromatic carbocycles. The van der Waals surface area contributed by atoms with Gasteiger partial charge >= 0.3 is 0 Å². The van der Waals surface area contributed by atoms with Crippen molar-refractivity contribution in [3.63, 3.8) is 0 Å². The second-order valence-corrected chi connectivity index (χ2v) is 3.47. The molecule has 0 aliphatic heterocycles. The summed E-state index contributed by atoms with van der Waals surface area (Å²) in [5, 5.41) is 3.79. The first kappa shape index (κ1) is 12.5.